The first-order valence-electron chi connectivity index (χ1n) is 9.64. The highest BCUT2D eigenvalue weighted by atomic mass is 32.2. The maximum Gasteiger partial charge on any atom is 0.248 e. The van der Waals surface area contributed by atoms with Crippen molar-refractivity contribution in [3.8, 4) is 17.3 Å². The van der Waals surface area contributed by atoms with Gasteiger partial charge in [-0.25, -0.2) is 0 Å². The Hall–Kier alpha value is -4.38. The van der Waals surface area contributed by atoms with Crippen LogP contribution < -0.4 is 16.8 Å². The van der Waals surface area contributed by atoms with Gasteiger partial charge in [0.25, 0.3) is 0 Å². The number of carbonyl (C=O) groups excluding carboxylic acids is 3. The number of anilines is 1. The molecule has 5 N–H and O–H groups in total. The third-order valence-electron chi connectivity index (χ3n) is 4.51. The van der Waals surface area contributed by atoms with Crippen molar-refractivity contribution in [2.45, 2.75) is 5.16 Å². The number of amides is 3. The highest BCUT2D eigenvalue weighted by Crippen LogP contribution is 2.28. The average Bonchev–Trinajstić information content (AvgIpc) is 3.47. The second-order valence-corrected chi connectivity index (χ2v) is 7.76. The van der Waals surface area contributed by atoms with E-state index in [1.54, 1.807) is 23.0 Å². The molecule has 4 aromatic rings. The van der Waals surface area contributed by atoms with Crippen molar-refractivity contribution in [2.75, 3.05) is 11.1 Å². The van der Waals surface area contributed by atoms with Crippen LogP contribution >= 0.6 is 11.8 Å². The van der Waals surface area contributed by atoms with E-state index in [0.717, 1.165) is 17.4 Å². The zero-order chi connectivity index (χ0) is 23.4. The van der Waals surface area contributed by atoms with Crippen LogP contribution in [-0.2, 0) is 4.79 Å². The van der Waals surface area contributed by atoms with Gasteiger partial charge in [0.15, 0.2) is 10.9 Å². The van der Waals surface area contributed by atoms with Crippen LogP contribution in [0.5, 0.6) is 0 Å². The Morgan fingerprint density at radius 2 is 1.64 bits per heavy atom. The summed E-state index contributed by atoms with van der Waals surface area (Å²) in [5.74, 6) is -0.872. The van der Waals surface area contributed by atoms with Crippen LogP contribution in [0.4, 0.5) is 5.69 Å². The van der Waals surface area contributed by atoms with Gasteiger partial charge in [-0.2, -0.15) is 0 Å². The predicted octanol–water partition coefficient (Wildman–Crippen LogP) is 2.46. The van der Waals surface area contributed by atoms with Crippen molar-refractivity contribution in [2.24, 2.45) is 11.5 Å². The molecule has 2 aromatic carbocycles. The molecule has 10 nitrogen and oxygen atoms in total. The molecule has 0 fully saturated rings. The monoisotopic (exact) mass is 462 g/mol. The summed E-state index contributed by atoms with van der Waals surface area (Å²) in [5.41, 5.74) is 11.7. The number of hydrogen-bond acceptors (Lipinski definition) is 7. The second kappa shape index (κ2) is 9.40. The smallest absolute Gasteiger partial charge is 0.248 e. The molecule has 0 aliphatic rings. The van der Waals surface area contributed by atoms with E-state index in [2.05, 4.69) is 15.5 Å². The molecule has 0 saturated heterocycles. The van der Waals surface area contributed by atoms with Crippen LogP contribution in [0.3, 0.4) is 0 Å². The average molecular weight is 462 g/mol. The van der Waals surface area contributed by atoms with E-state index in [4.69, 9.17) is 15.9 Å². The van der Waals surface area contributed by atoms with Crippen LogP contribution in [-0.4, -0.2) is 38.2 Å². The molecule has 0 aliphatic carbocycles. The Balaban J connectivity index is 1.55. The Bertz CT molecular complexity index is 1290. The highest BCUT2D eigenvalue weighted by Gasteiger charge is 2.19. The molecule has 33 heavy (non-hydrogen) atoms. The Morgan fingerprint density at radius 1 is 0.939 bits per heavy atom. The van der Waals surface area contributed by atoms with E-state index in [1.807, 2.05) is 30.3 Å². The van der Waals surface area contributed by atoms with Gasteiger partial charge < -0.3 is 21.2 Å². The van der Waals surface area contributed by atoms with Crippen LogP contribution in [0.1, 0.15) is 20.7 Å². The summed E-state index contributed by atoms with van der Waals surface area (Å²) >= 11 is 1.16. The normalized spacial score (nSPS) is 10.7. The highest BCUT2D eigenvalue weighted by molar-refractivity contribution is 7.99. The quantitative estimate of drug-likeness (QED) is 0.339. The van der Waals surface area contributed by atoms with Crippen molar-refractivity contribution in [1.29, 1.82) is 0 Å². The maximum atomic E-state index is 12.6. The van der Waals surface area contributed by atoms with Crippen molar-refractivity contribution in [3.63, 3.8) is 0 Å². The minimum absolute atomic E-state index is 0.0180. The van der Waals surface area contributed by atoms with Crippen molar-refractivity contribution in [1.82, 2.24) is 14.8 Å². The van der Waals surface area contributed by atoms with Crippen LogP contribution in [0.25, 0.3) is 17.3 Å². The van der Waals surface area contributed by atoms with Crippen molar-refractivity contribution in [3.05, 3.63) is 78.1 Å². The van der Waals surface area contributed by atoms with Crippen LogP contribution in [0.2, 0.25) is 0 Å². The standard InChI is InChI=1S/C22H18N6O4S/c23-19(30)13-9-14(20(24)31)11-15(10-13)25-18(29)12-33-22-27-26-21(17-7-4-8-32-17)28(22)16-5-2-1-3-6-16/h1-11H,12H2,(H2,23,30)(H2,24,31)(H,25,29). The largest absolute Gasteiger partial charge is 0.461 e. The first-order valence-corrected chi connectivity index (χ1v) is 10.6. The number of furan rings is 1. The van der Waals surface area contributed by atoms with Crippen molar-refractivity contribution >= 4 is 35.2 Å². The van der Waals surface area contributed by atoms with Gasteiger partial charge in [0.2, 0.25) is 23.5 Å². The van der Waals surface area contributed by atoms with E-state index in [1.165, 1.54) is 18.2 Å². The molecule has 4 rings (SSSR count). The molecule has 2 heterocycles. The van der Waals surface area contributed by atoms with E-state index in [9.17, 15) is 14.4 Å². The lowest BCUT2D eigenvalue weighted by Crippen LogP contribution is -2.19. The summed E-state index contributed by atoms with van der Waals surface area (Å²) in [5, 5.41) is 11.6. The number of nitrogens with one attached hydrogen (secondary N) is 1. The molecular formula is C22H18N6O4S. The second-order valence-electron chi connectivity index (χ2n) is 6.82. The first kappa shape index (κ1) is 21.8. The zero-order valence-corrected chi connectivity index (χ0v) is 17.9. The van der Waals surface area contributed by atoms with Gasteiger partial charge in [0.1, 0.15) is 0 Å². The van der Waals surface area contributed by atoms with Gasteiger partial charge in [-0.1, -0.05) is 30.0 Å². The lowest BCUT2D eigenvalue weighted by atomic mass is 10.1. The van der Waals surface area contributed by atoms with Gasteiger partial charge in [0.05, 0.1) is 12.0 Å². The van der Waals surface area contributed by atoms with Crippen LogP contribution in [0, 0.1) is 0 Å². The number of nitrogens with zero attached hydrogens (tertiary/aromatic N) is 3. The number of benzene rings is 2. The summed E-state index contributed by atoms with van der Waals surface area (Å²) in [6.45, 7) is 0. The minimum atomic E-state index is -0.746. The molecule has 0 radical (unpaired) electrons. The van der Waals surface area contributed by atoms with E-state index in [0.29, 0.717) is 16.7 Å². The Labute approximate surface area is 192 Å². The van der Waals surface area contributed by atoms with Gasteiger partial charge >= 0.3 is 0 Å². The summed E-state index contributed by atoms with van der Waals surface area (Å²) in [6, 6.07) is 17.0. The number of rotatable bonds is 8. The third kappa shape index (κ3) is 4.93. The molecule has 0 spiro atoms. The topological polar surface area (TPSA) is 159 Å². The fraction of sp³-hybridized carbons (Fsp3) is 0.0455. The molecule has 11 heteroatoms. The lowest BCUT2D eigenvalue weighted by Gasteiger charge is -2.10. The SMILES string of the molecule is NC(=O)c1cc(NC(=O)CSc2nnc(-c3ccco3)n2-c2ccccc2)cc(C(N)=O)c1. The number of primary amides is 2. The molecule has 3 amide bonds. The number of carbonyl (C=O) groups is 3. The Morgan fingerprint density at radius 3 is 2.24 bits per heavy atom. The number of thioether (sulfide) groups is 1. The zero-order valence-electron chi connectivity index (χ0n) is 17.1. The maximum absolute atomic E-state index is 12.6. The molecule has 0 unspecified atom stereocenters. The first-order chi connectivity index (χ1) is 15.9. The number of hydrogen-bond donors (Lipinski definition) is 3. The molecule has 166 valence electrons. The number of aromatic nitrogens is 3. The number of para-hydroxylation sites is 1. The number of nitrogens with two attached hydrogens (primary N) is 2. The fourth-order valence-corrected chi connectivity index (χ4v) is 3.80. The van der Waals surface area contributed by atoms with E-state index >= 15 is 0 Å². The molecule has 0 aliphatic heterocycles. The summed E-state index contributed by atoms with van der Waals surface area (Å²) < 4.78 is 7.26. The van der Waals surface area contributed by atoms with Crippen molar-refractivity contribution < 1.29 is 18.8 Å². The molecular weight excluding hydrogens is 444 g/mol. The summed E-state index contributed by atoms with van der Waals surface area (Å²) in [6.07, 6.45) is 1.54. The van der Waals surface area contributed by atoms with E-state index in [-0.39, 0.29) is 28.5 Å². The van der Waals surface area contributed by atoms with Gasteiger partial charge in [-0.3, -0.25) is 19.0 Å². The molecule has 0 bridgehead atoms. The van der Waals surface area contributed by atoms with Gasteiger partial charge in [-0.15, -0.1) is 10.2 Å². The van der Waals surface area contributed by atoms with Gasteiger partial charge in [0, 0.05) is 22.5 Å². The molecule has 2 aromatic heterocycles. The Kier molecular flexibility index (Phi) is 6.22. The predicted molar refractivity (Wildman–Crippen MR) is 122 cm³/mol. The molecule has 0 atom stereocenters. The van der Waals surface area contributed by atoms with Gasteiger partial charge in [-0.05, 0) is 42.5 Å². The minimum Gasteiger partial charge on any atom is -0.461 e. The van der Waals surface area contributed by atoms with E-state index < -0.39 is 11.8 Å². The summed E-state index contributed by atoms with van der Waals surface area (Å²) in [7, 11) is 0. The summed E-state index contributed by atoms with van der Waals surface area (Å²) in [4.78, 5) is 35.6. The third-order valence-corrected chi connectivity index (χ3v) is 5.44. The van der Waals surface area contributed by atoms with Crippen LogP contribution in [0.15, 0.2) is 76.5 Å². The fourth-order valence-electron chi connectivity index (χ4n) is 3.05. The lowest BCUT2D eigenvalue weighted by molar-refractivity contribution is -0.113. The molecule has 0 saturated carbocycles.